The van der Waals surface area contributed by atoms with Gasteiger partial charge in [0.2, 0.25) is 0 Å². The van der Waals surface area contributed by atoms with Crippen molar-refractivity contribution in [3.05, 3.63) is 24.4 Å². The third-order valence-corrected chi connectivity index (χ3v) is 8.21. The topological polar surface area (TPSA) is 12.9 Å². The van der Waals surface area contributed by atoms with Crippen LogP contribution in [-0.2, 0) is 0 Å². The minimum Gasteiger partial charge on any atom is -0.250 e. The molecule has 2 rings (SSSR count). The van der Waals surface area contributed by atoms with Gasteiger partial charge in [-0.3, -0.25) is 0 Å². The summed E-state index contributed by atoms with van der Waals surface area (Å²) in [6.07, 6.45) is 30.7. The highest BCUT2D eigenvalue weighted by molar-refractivity contribution is 8.00. The number of nitrogens with zero attached hydrogens (tertiary/aromatic N) is 1. The molecule has 0 aromatic carbocycles. The number of hydrogen-bond donors (Lipinski definition) is 0. The van der Waals surface area contributed by atoms with Gasteiger partial charge in [-0.1, -0.05) is 134 Å². The average molecular weight is 418 g/mol. The molecule has 1 aromatic heterocycles. The summed E-state index contributed by atoms with van der Waals surface area (Å²) in [5.74, 6) is 0. The highest BCUT2D eigenvalue weighted by Crippen LogP contribution is 2.46. The van der Waals surface area contributed by atoms with Gasteiger partial charge in [-0.05, 0) is 31.4 Å². The van der Waals surface area contributed by atoms with E-state index >= 15 is 0 Å². The summed E-state index contributed by atoms with van der Waals surface area (Å²) in [5, 5.41) is 1.24. The van der Waals surface area contributed by atoms with Crippen LogP contribution in [0.25, 0.3) is 0 Å². The Bertz CT molecular complexity index is 481. The molecule has 0 atom stereocenters. The predicted molar refractivity (Wildman–Crippen MR) is 131 cm³/mol. The lowest BCUT2D eigenvalue weighted by Crippen LogP contribution is -2.27. The number of hydrogen-bond acceptors (Lipinski definition) is 2. The summed E-state index contributed by atoms with van der Waals surface area (Å²) >= 11 is 2.09. The number of rotatable bonds is 17. The molecular weight excluding hydrogens is 370 g/mol. The van der Waals surface area contributed by atoms with Gasteiger partial charge in [-0.2, -0.15) is 0 Å². The second-order valence-corrected chi connectivity index (χ2v) is 10.8. The van der Waals surface area contributed by atoms with Crippen LogP contribution in [0.5, 0.6) is 0 Å². The molecule has 1 aliphatic rings. The van der Waals surface area contributed by atoms with Crippen LogP contribution >= 0.6 is 11.8 Å². The Labute approximate surface area is 186 Å². The van der Waals surface area contributed by atoms with Crippen LogP contribution in [0.4, 0.5) is 0 Å². The van der Waals surface area contributed by atoms with Crippen LogP contribution in [0.2, 0.25) is 0 Å². The van der Waals surface area contributed by atoms with Crippen molar-refractivity contribution in [1.82, 2.24) is 4.98 Å². The van der Waals surface area contributed by atoms with Gasteiger partial charge in [0.1, 0.15) is 0 Å². The molecule has 1 fully saturated rings. The number of aromatic nitrogens is 1. The Balaban J connectivity index is 1.48. The van der Waals surface area contributed by atoms with Crippen molar-refractivity contribution in [2.45, 2.75) is 145 Å². The molecule has 1 heterocycles. The van der Waals surface area contributed by atoms with Crippen molar-refractivity contribution in [3.63, 3.8) is 0 Å². The van der Waals surface area contributed by atoms with Crippen molar-refractivity contribution >= 4 is 11.8 Å². The largest absolute Gasteiger partial charge is 0.250 e. The second-order valence-electron chi connectivity index (χ2n) is 9.36. The van der Waals surface area contributed by atoms with E-state index in [1.807, 2.05) is 12.3 Å². The summed E-state index contributed by atoms with van der Waals surface area (Å²) in [6.45, 7) is 2.30. The number of pyridine rings is 1. The van der Waals surface area contributed by atoms with Gasteiger partial charge in [-0.15, -0.1) is 0 Å². The zero-order valence-corrected chi connectivity index (χ0v) is 20.1. The predicted octanol–water partition coefficient (Wildman–Crippen LogP) is 9.75. The van der Waals surface area contributed by atoms with Crippen molar-refractivity contribution in [2.75, 3.05) is 0 Å². The first kappa shape index (κ1) is 24.8. The fraction of sp³-hybridized carbons (Fsp3) is 0.815. The molecule has 1 aliphatic carbocycles. The minimum absolute atomic E-state index is 0.476. The Morgan fingerprint density at radius 3 is 1.79 bits per heavy atom. The zero-order chi connectivity index (χ0) is 20.5. The van der Waals surface area contributed by atoms with E-state index in [2.05, 4.69) is 35.8 Å². The molecule has 0 aliphatic heterocycles. The Kier molecular flexibility index (Phi) is 13.9. The van der Waals surface area contributed by atoms with Gasteiger partial charge in [-0.25, -0.2) is 4.98 Å². The first-order valence-corrected chi connectivity index (χ1v) is 13.8. The molecule has 0 saturated heterocycles. The van der Waals surface area contributed by atoms with Crippen LogP contribution in [0.15, 0.2) is 29.4 Å². The molecule has 0 radical (unpaired) electrons. The smallest absolute Gasteiger partial charge is 0.0965 e. The molecule has 1 nitrogen and oxygen atoms in total. The standard InChI is InChI=1S/C27H47NS/c1-2-3-4-5-6-7-8-9-10-11-12-13-14-17-22-27(23-18-15-19-24-27)29-26-21-16-20-25-28-26/h16,20-21,25H,2-15,17-19,22-24H2,1H3. The Hall–Kier alpha value is -0.500. The van der Waals surface area contributed by atoms with Crippen LogP contribution in [-0.4, -0.2) is 9.73 Å². The molecule has 166 valence electrons. The highest BCUT2D eigenvalue weighted by Gasteiger charge is 2.32. The van der Waals surface area contributed by atoms with E-state index in [1.165, 1.54) is 133 Å². The van der Waals surface area contributed by atoms with E-state index in [9.17, 15) is 0 Å². The Morgan fingerprint density at radius 1 is 0.724 bits per heavy atom. The second kappa shape index (κ2) is 16.2. The van der Waals surface area contributed by atoms with Gasteiger partial charge >= 0.3 is 0 Å². The molecule has 0 bridgehead atoms. The van der Waals surface area contributed by atoms with E-state index in [4.69, 9.17) is 0 Å². The molecule has 29 heavy (non-hydrogen) atoms. The molecule has 0 unspecified atom stereocenters. The maximum absolute atomic E-state index is 4.60. The lowest BCUT2D eigenvalue weighted by molar-refractivity contribution is 0.365. The zero-order valence-electron chi connectivity index (χ0n) is 19.3. The summed E-state index contributed by atoms with van der Waals surface area (Å²) in [6, 6.07) is 6.37. The molecule has 1 saturated carbocycles. The van der Waals surface area contributed by atoms with Crippen LogP contribution in [0, 0.1) is 0 Å². The van der Waals surface area contributed by atoms with Gasteiger partial charge in [0, 0.05) is 10.9 Å². The van der Waals surface area contributed by atoms with Gasteiger partial charge in [0.05, 0.1) is 5.03 Å². The molecule has 0 N–H and O–H groups in total. The molecule has 2 heteroatoms. The van der Waals surface area contributed by atoms with Crippen molar-refractivity contribution < 1.29 is 0 Å². The fourth-order valence-electron chi connectivity index (χ4n) is 4.87. The van der Waals surface area contributed by atoms with E-state index in [0.717, 1.165) is 0 Å². The molecule has 0 spiro atoms. The number of unbranched alkanes of at least 4 members (excludes halogenated alkanes) is 13. The van der Waals surface area contributed by atoms with Crippen molar-refractivity contribution in [3.8, 4) is 0 Å². The quantitative estimate of drug-likeness (QED) is 0.234. The fourth-order valence-corrected chi connectivity index (χ4v) is 6.31. The highest BCUT2D eigenvalue weighted by atomic mass is 32.2. The van der Waals surface area contributed by atoms with Gasteiger partial charge in [0.25, 0.3) is 0 Å². The summed E-state index contributed by atoms with van der Waals surface area (Å²) in [4.78, 5) is 4.60. The first-order valence-electron chi connectivity index (χ1n) is 12.9. The van der Waals surface area contributed by atoms with Crippen LogP contribution in [0.3, 0.4) is 0 Å². The summed E-state index contributed by atoms with van der Waals surface area (Å²) in [7, 11) is 0. The third-order valence-electron chi connectivity index (χ3n) is 6.71. The third kappa shape index (κ3) is 11.5. The van der Waals surface area contributed by atoms with Crippen molar-refractivity contribution in [2.24, 2.45) is 0 Å². The molecule has 1 aromatic rings. The number of thioether (sulfide) groups is 1. The SMILES string of the molecule is CCCCCCCCCCCCCCCCC1(Sc2ccccn2)CCCCC1. The minimum atomic E-state index is 0.476. The summed E-state index contributed by atoms with van der Waals surface area (Å²) in [5.41, 5.74) is 0. The normalized spacial score (nSPS) is 16.2. The molecular formula is C27H47NS. The van der Waals surface area contributed by atoms with E-state index in [1.54, 1.807) is 0 Å². The van der Waals surface area contributed by atoms with E-state index < -0.39 is 0 Å². The van der Waals surface area contributed by atoms with Crippen LogP contribution < -0.4 is 0 Å². The Morgan fingerprint density at radius 2 is 1.28 bits per heavy atom. The maximum atomic E-state index is 4.60. The van der Waals surface area contributed by atoms with E-state index in [-0.39, 0.29) is 0 Å². The summed E-state index contributed by atoms with van der Waals surface area (Å²) < 4.78 is 0.476. The molecule has 0 amide bonds. The van der Waals surface area contributed by atoms with E-state index in [0.29, 0.717) is 4.75 Å². The lowest BCUT2D eigenvalue weighted by Gasteiger charge is -2.36. The average Bonchev–Trinajstić information content (AvgIpc) is 2.75. The van der Waals surface area contributed by atoms with Crippen LogP contribution in [0.1, 0.15) is 135 Å². The van der Waals surface area contributed by atoms with Crippen molar-refractivity contribution in [1.29, 1.82) is 0 Å². The van der Waals surface area contributed by atoms with Gasteiger partial charge in [0.15, 0.2) is 0 Å². The first-order chi connectivity index (χ1) is 14.3. The maximum Gasteiger partial charge on any atom is 0.0965 e. The van der Waals surface area contributed by atoms with Gasteiger partial charge < -0.3 is 0 Å². The lowest BCUT2D eigenvalue weighted by atomic mass is 9.84. The monoisotopic (exact) mass is 417 g/mol.